The lowest BCUT2D eigenvalue weighted by atomic mass is 9.72. The van der Waals surface area contributed by atoms with E-state index in [-0.39, 0.29) is 5.41 Å². The summed E-state index contributed by atoms with van der Waals surface area (Å²) in [5, 5.41) is 14.3. The molecule has 2 fully saturated rings. The Hall–Kier alpha value is -0.570. The van der Waals surface area contributed by atoms with Crippen LogP contribution in [0, 0.1) is 5.41 Å². The standard InChI is InChI=1S/C18H26ClNO/c19-16-6-4-5-14(9-16)15-10-17(11-15)20-12-18(13-21)7-2-1-3-8-18/h4-6,9,15,17,20-21H,1-3,7-8,10-13H2. The van der Waals surface area contributed by atoms with E-state index in [4.69, 9.17) is 11.6 Å². The predicted molar refractivity (Wildman–Crippen MR) is 87.8 cm³/mol. The van der Waals surface area contributed by atoms with E-state index in [0.29, 0.717) is 18.6 Å². The highest BCUT2D eigenvalue weighted by Crippen LogP contribution is 2.39. The number of hydrogen-bond donors (Lipinski definition) is 2. The molecule has 21 heavy (non-hydrogen) atoms. The first-order valence-corrected chi connectivity index (χ1v) is 8.68. The van der Waals surface area contributed by atoms with Crippen LogP contribution in [-0.2, 0) is 0 Å². The Kier molecular flexibility index (Phi) is 4.88. The average molecular weight is 308 g/mol. The maximum absolute atomic E-state index is 9.75. The molecule has 0 saturated heterocycles. The van der Waals surface area contributed by atoms with Gasteiger partial charge in [-0.2, -0.15) is 0 Å². The van der Waals surface area contributed by atoms with E-state index in [1.54, 1.807) is 0 Å². The van der Waals surface area contributed by atoms with Crippen LogP contribution >= 0.6 is 11.6 Å². The maximum Gasteiger partial charge on any atom is 0.0499 e. The lowest BCUT2D eigenvalue weighted by molar-refractivity contribution is 0.0732. The first kappa shape index (κ1) is 15.3. The minimum atomic E-state index is 0.152. The number of halogens is 1. The number of nitrogens with one attached hydrogen (secondary N) is 1. The van der Waals surface area contributed by atoms with Gasteiger partial charge in [0.2, 0.25) is 0 Å². The summed E-state index contributed by atoms with van der Waals surface area (Å²) in [5.41, 5.74) is 1.52. The molecular formula is C18H26ClNO. The van der Waals surface area contributed by atoms with Crippen LogP contribution in [0.3, 0.4) is 0 Å². The fraction of sp³-hybridized carbons (Fsp3) is 0.667. The van der Waals surface area contributed by atoms with Gasteiger partial charge in [-0.05, 0) is 49.3 Å². The Bertz CT molecular complexity index is 464. The summed E-state index contributed by atoms with van der Waals surface area (Å²) >= 11 is 6.06. The molecule has 0 heterocycles. The van der Waals surface area contributed by atoms with Gasteiger partial charge in [0, 0.05) is 29.6 Å². The third-order valence-corrected chi connectivity index (χ3v) is 5.71. The molecule has 0 unspecified atom stereocenters. The molecule has 3 heteroatoms. The average Bonchev–Trinajstić information content (AvgIpc) is 2.47. The highest BCUT2D eigenvalue weighted by molar-refractivity contribution is 6.30. The van der Waals surface area contributed by atoms with E-state index in [1.807, 2.05) is 12.1 Å². The zero-order valence-electron chi connectivity index (χ0n) is 12.7. The normalized spacial score (nSPS) is 28.1. The molecule has 2 nitrogen and oxygen atoms in total. The number of hydrogen-bond acceptors (Lipinski definition) is 2. The van der Waals surface area contributed by atoms with Crippen LogP contribution in [0.2, 0.25) is 5.02 Å². The molecule has 0 atom stereocenters. The lowest BCUT2D eigenvalue weighted by Crippen LogP contribution is -2.47. The van der Waals surface area contributed by atoms with Crippen LogP contribution in [0.4, 0.5) is 0 Å². The number of rotatable bonds is 5. The van der Waals surface area contributed by atoms with Gasteiger partial charge in [-0.1, -0.05) is 43.0 Å². The lowest BCUT2D eigenvalue weighted by Gasteiger charge is -2.41. The highest BCUT2D eigenvalue weighted by Gasteiger charge is 2.35. The van der Waals surface area contributed by atoms with Crippen molar-refractivity contribution in [3.05, 3.63) is 34.9 Å². The predicted octanol–water partition coefficient (Wildman–Crippen LogP) is 4.12. The van der Waals surface area contributed by atoms with Gasteiger partial charge in [-0.25, -0.2) is 0 Å². The smallest absolute Gasteiger partial charge is 0.0499 e. The minimum absolute atomic E-state index is 0.152. The van der Waals surface area contributed by atoms with Gasteiger partial charge < -0.3 is 10.4 Å². The molecule has 0 radical (unpaired) electrons. The third-order valence-electron chi connectivity index (χ3n) is 5.47. The Morgan fingerprint density at radius 1 is 1.19 bits per heavy atom. The molecule has 1 aromatic rings. The van der Waals surface area contributed by atoms with Crippen LogP contribution in [0.5, 0.6) is 0 Å². The Morgan fingerprint density at radius 3 is 2.62 bits per heavy atom. The summed E-state index contributed by atoms with van der Waals surface area (Å²) in [7, 11) is 0. The molecule has 2 saturated carbocycles. The number of aliphatic hydroxyl groups excluding tert-OH is 1. The zero-order valence-corrected chi connectivity index (χ0v) is 13.4. The van der Waals surface area contributed by atoms with Crippen LogP contribution in [0.25, 0.3) is 0 Å². The molecule has 0 spiro atoms. The maximum atomic E-state index is 9.75. The van der Waals surface area contributed by atoms with Gasteiger partial charge in [0.05, 0.1) is 0 Å². The fourth-order valence-corrected chi connectivity index (χ4v) is 4.07. The second-order valence-electron chi connectivity index (χ2n) is 7.02. The van der Waals surface area contributed by atoms with Crippen molar-refractivity contribution in [3.63, 3.8) is 0 Å². The van der Waals surface area contributed by atoms with Gasteiger partial charge >= 0.3 is 0 Å². The van der Waals surface area contributed by atoms with E-state index >= 15 is 0 Å². The van der Waals surface area contributed by atoms with Crippen molar-refractivity contribution in [3.8, 4) is 0 Å². The van der Waals surface area contributed by atoms with E-state index in [2.05, 4.69) is 17.4 Å². The second-order valence-corrected chi connectivity index (χ2v) is 7.46. The Morgan fingerprint density at radius 2 is 1.95 bits per heavy atom. The molecule has 0 amide bonds. The summed E-state index contributed by atoms with van der Waals surface area (Å²) in [6, 6.07) is 8.87. The van der Waals surface area contributed by atoms with Crippen molar-refractivity contribution < 1.29 is 5.11 Å². The summed E-state index contributed by atoms with van der Waals surface area (Å²) in [6.07, 6.45) is 8.64. The number of aliphatic hydroxyl groups is 1. The van der Waals surface area contributed by atoms with Crippen LogP contribution in [-0.4, -0.2) is 24.3 Å². The Balaban J connectivity index is 1.46. The zero-order chi connectivity index (χ0) is 14.7. The van der Waals surface area contributed by atoms with Crippen molar-refractivity contribution in [1.29, 1.82) is 0 Å². The highest BCUT2D eigenvalue weighted by atomic mass is 35.5. The van der Waals surface area contributed by atoms with E-state index in [0.717, 1.165) is 11.6 Å². The summed E-state index contributed by atoms with van der Waals surface area (Å²) in [4.78, 5) is 0. The van der Waals surface area contributed by atoms with Crippen molar-refractivity contribution >= 4 is 11.6 Å². The van der Waals surface area contributed by atoms with E-state index in [9.17, 15) is 5.11 Å². The van der Waals surface area contributed by atoms with Gasteiger partial charge in [-0.15, -0.1) is 0 Å². The molecule has 0 aromatic heterocycles. The first-order chi connectivity index (χ1) is 10.2. The van der Waals surface area contributed by atoms with E-state index in [1.165, 1.54) is 50.5 Å². The summed E-state index contributed by atoms with van der Waals surface area (Å²) < 4.78 is 0. The fourth-order valence-electron chi connectivity index (χ4n) is 3.87. The van der Waals surface area contributed by atoms with Crippen LogP contribution in [0.15, 0.2) is 24.3 Å². The molecule has 0 bridgehead atoms. The SMILES string of the molecule is OCC1(CNC2CC(c3cccc(Cl)c3)C2)CCCCC1. The van der Waals surface area contributed by atoms with E-state index < -0.39 is 0 Å². The third kappa shape index (κ3) is 3.61. The van der Waals surface area contributed by atoms with Crippen molar-refractivity contribution in [2.45, 2.75) is 56.9 Å². The number of benzene rings is 1. The molecule has 116 valence electrons. The second kappa shape index (κ2) is 6.68. The topological polar surface area (TPSA) is 32.3 Å². The molecule has 2 N–H and O–H groups in total. The van der Waals surface area contributed by atoms with Crippen molar-refractivity contribution in [2.75, 3.05) is 13.2 Å². The Labute approximate surface area is 132 Å². The van der Waals surface area contributed by atoms with Gasteiger partial charge in [0.1, 0.15) is 0 Å². The molecule has 1 aromatic carbocycles. The first-order valence-electron chi connectivity index (χ1n) is 8.30. The largest absolute Gasteiger partial charge is 0.396 e. The van der Waals surface area contributed by atoms with Crippen LogP contribution in [0.1, 0.15) is 56.4 Å². The summed E-state index contributed by atoms with van der Waals surface area (Å²) in [5.74, 6) is 0.651. The molecular weight excluding hydrogens is 282 g/mol. The monoisotopic (exact) mass is 307 g/mol. The molecule has 2 aliphatic rings. The quantitative estimate of drug-likeness (QED) is 0.857. The molecule has 0 aliphatic heterocycles. The molecule has 2 aliphatic carbocycles. The van der Waals surface area contributed by atoms with Gasteiger partial charge in [0.25, 0.3) is 0 Å². The summed E-state index contributed by atoms with van der Waals surface area (Å²) in [6.45, 7) is 1.32. The minimum Gasteiger partial charge on any atom is -0.396 e. The van der Waals surface area contributed by atoms with Crippen LogP contribution < -0.4 is 5.32 Å². The van der Waals surface area contributed by atoms with Gasteiger partial charge in [-0.3, -0.25) is 0 Å². The van der Waals surface area contributed by atoms with Gasteiger partial charge in [0.15, 0.2) is 0 Å². The van der Waals surface area contributed by atoms with Crippen molar-refractivity contribution in [1.82, 2.24) is 5.32 Å². The molecule has 3 rings (SSSR count). The van der Waals surface area contributed by atoms with Crippen molar-refractivity contribution in [2.24, 2.45) is 5.41 Å².